The van der Waals surface area contributed by atoms with Gasteiger partial charge in [-0.25, -0.2) is 0 Å². The summed E-state index contributed by atoms with van der Waals surface area (Å²) in [7, 11) is 1.39. The van der Waals surface area contributed by atoms with Gasteiger partial charge in [0.1, 0.15) is 0 Å². The molecule has 28 heavy (non-hydrogen) atoms. The predicted molar refractivity (Wildman–Crippen MR) is 108 cm³/mol. The molecule has 0 unspecified atom stereocenters. The van der Waals surface area contributed by atoms with Crippen molar-refractivity contribution in [3.63, 3.8) is 0 Å². The fourth-order valence-electron chi connectivity index (χ4n) is 2.78. The van der Waals surface area contributed by atoms with Gasteiger partial charge in [-0.3, -0.25) is 4.79 Å². The summed E-state index contributed by atoms with van der Waals surface area (Å²) in [5.74, 6) is 0.916. The molecule has 0 fully saturated rings. The number of halogens is 2. The van der Waals surface area contributed by atoms with E-state index in [2.05, 4.69) is 10.1 Å². The maximum Gasteiger partial charge on any atom is 0.387 e. The van der Waals surface area contributed by atoms with Crippen molar-refractivity contribution in [3.05, 3.63) is 66.2 Å². The van der Waals surface area contributed by atoms with Crippen LogP contribution in [0, 0.1) is 0 Å². The highest BCUT2D eigenvalue weighted by Gasteiger charge is 2.12. The van der Waals surface area contributed by atoms with Crippen LogP contribution >= 0.6 is 11.8 Å². The Balaban J connectivity index is 1.56. The summed E-state index contributed by atoms with van der Waals surface area (Å²) in [6, 6.07) is 18.4. The van der Waals surface area contributed by atoms with E-state index in [1.54, 1.807) is 12.1 Å². The van der Waals surface area contributed by atoms with Crippen molar-refractivity contribution in [3.8, 4) is 11.5 Å². The van der Waals surface area contributed by atoms with Gasteiger partial charge in [0.2, 0.25) is 5.91 Å². The van der Waals surface area contributed by atoms with Crippen LogP contribution in [0.5, 0.6) is 11.5 Å². The highest BCUT2D eigenvalue weighted by atomic mass is 32.2. The Labute approximate surface area is 165 Å². The highest BCUT2D eigenvalue weighted by Crippen LogP contribution is 2.31. The van der Waals surface area contributed by atoms with Crippen LogP contribution in [0.25, 0.3) is 10.8 Å². The van der Waals surface area contributed by atoms with Crippen LogP contribution in [0.15, 0.2) is 60.7 Å². The third-order valence-electron chi connectivity index (χ3n) is 4.01. The number of ether oxygens (including phenoxy) is 2. The van der Waals surface area contributed by atoms with E-state index in [4.69, 9.17) is 4.74 Å². The van der Waals surface area contributed by atoms with Crippen LogP contribution in [0.2, 0.25) is 0 Å². The summed E-state index contributed by atoms with van der Waals surface area (Å²) in [4.78, 5) is 12.3. The van der Waals surface area contributed by atoms with Crippen molar-refractivity contribution in [1.82, 2.24) is 0 Å². The summed E-state index contributed by atoms with van der Waals surface area (Å²) in [6.07, 6.45) is 0. The molecule has 7 heteroatoms. The number of rotatable bonds is 8. The monoisotopic (exact) mass is 403 g/mol. The van der Waals surface area contributed by atoms with E-state index in [1.807, 2.05) is 42.5 Å². The second kappa shape index (κ2) is 9.41. The molecule has 0 saturated heterocycles. The molecule has 1 amide bonds. The van der Waals surface area contributed by atoms with E-state index in [-0.39, 0.29) is 23.2 Å². The maximum absolute atomic E-state index is 12.4. The third kappa shape index (κ3) is 5.13. The number of carbonyl (C=O) groups excluding carboxylic acids is 1. The SMILES string of the molecule is COc1cc(CSCC(=O)Nc2cccc3ccccc23)ccc1OC(F)F. The number of hydrogen-bond donors (Lipinski definition) is 1. The Kier molecular flexibility index (Phi) is 6.71. The first kappa shape index (κ1) is 19.9. The summed E-state index contributed by atoms with van der Waals surface area (Å²) >= 11 is 1.42. The molecular weight excluding hydrogens is 384 g/mol. The molecule has 0 bridgehead atoms. The zero-order valence-electron chi connectivity index (χ0n) is 15.2. The van der Waals surface area contributed by atoms with E-state index < -0.39 is 6.61 Å². The quantitative estimate of drug-likeness (QED) is 0.553. The molecule has 3 aromatic rings. The molecule has 0 heterocycles. The Morgan fingerprint density at radius 1 is 1.07 bits per heavy atom. The minimum Gasteiger partial charge on any atom is -0.493 e. The lowest BCUT2D eigenvalue weighted by molar-refractivity contribution is -0.113. The van der Waals surface area contributed by atoms with Crippen LogP contribution in [-0.4, -0.2) is 25.4 Å². The lowest BCUT2D eigenvalue weighted by atomic mass is 10.1. The van der Waals surface area contributed by atoms with Crippen molar-refractivity contribution in [2.24, 2.45) is 0 Å². The molecule has 4 nitrogen and oxygen atoms in total. The van der Waals surface area contributed by atoms with E-state index in [1.165, 1.54) is 24.9 Å². The second-order valence-electron chi connectivity index (χ2n) is 5.93. The van der Waals surface area contributed by atoms with Gasteiger partial charge in [-0.1, -0.05) is 42.5 Å². The van der Waals surface area contributed by atoms with Crippen molar-refractivity contribution in [2.75, 3.05) is 18.2 Å². The Morgan fingerprint density at radius 2 is 1.86 bits per heavy atom. The van der Waals surface area contributed by atoms with Crippen molar-refractivity contribution < 1.29 is 23.0 Å². The molecule has 0 aliphatic carbocycles. The van der Waals surface area contributed by atoms with E-state index >= 15 is 0 Å². The van der Waals surface area contributed by atoms with Crippen molar-refractivity contribution >= 4 is 34.1 Å². The number of hydrogen-bond acceptors (Lipinski definition) is 4. The predicted octanol–water partition coefficient (Wildman–Crippen LogP) is 5.32. The molecular formula is C21H19F2NO3S. The average molecular weight is 403 g/mol. The van der Waals surface area contributed by atoms with Gasteiger partial charge in [0.15, 0.2) is 11.5 Å². The minimum absolute atomic E-state index is 0.0139. The van der Waals surface area contributed by atoms with E-state index in [0.29, 0.717) is 5.75 Å². The normalized spacial score (nSPS) is 10.9. The van der Waals surface area contributed by atoms with Crippen molar-refractivity contribution in [1.29, 1.82) is 0 Å². The molecule has 0 aliphatic rings. The second-order valence-corrected chi connectivity index (χ2v) is 6.92. The molecule has 0 atom stereocenters. The summed E-state index contributed by atoms with van der Waals surface area (Å²) in [5.41, 5.74) is 1.63. The van der Waals surface area contributed by atoms with Crippen LogP contribution in [0.1, 0.15) is 5.56 Å². The summed E-state index contributed by atoms with van der Waals surface area (Å²) in [5, 5.41) is 4.99. The molecule has 0 radical (unpaired) electrons. The van der Waals surface area contributed by atoms with Crippen LogP contribution in [-0.2, 0) is 10.5 Å². The number of nitrogens with one attached hydrogen (secondary N) is 1. The maximum atomic E-state index is 12.4. The first-order valence-corrected chi connectivity index (χ1v) is 9.69. The largest absolute Gasteiger partial charge is 0.493 e. The first-order valence-electron chi connectivity index (χ1n) is 8.54. The first-order chi connectivity index (χ1) is 13.6. The van der Waals surface area contributed by atoms with Crippen LogP contribution in [0.4, 0.5) is 14.5 Å². The fourth-order valence-corrected chi connectivity index (χ4v) is 3.55. The van der Waals surface area contributed by atoms with E-state index in [9.17, 15) is 13.6 Å². The highest BCUT2D eigenvalue weighted by molar-refractivity contribution is 7.99. The number of methoxy groups -OCH3 is 1. The van der Waals surface area contributed by atoms with Crippen LogP contribution < -0.4 is 14.8 Å². The number of thioether (sulfide) groups is 1. The number of anilines is 1. The van der Waals surface area contributed by atoms with Crippen molar-refractivity contribution in [2.45, 2.75) is 12.4 Å². The third-order valence-corrected chi connectivity index (χ3v) is 5.01. The number of fused-ring (bicyclic) bond motifs is 1. The lowest BCUT2D eigenvalue weighted by Gasteiger charge is -2.11. The van der Waals surface area contributed by atoms with Crippen LogP contribution in [0.3, 0.4) is 0 Å². The smallest absolute Gasteiger partial charge is 0.387 e. The zero-order valence-corrected chi connectivity index (χ0v) is 16.0. The van der Waals surface area contributed by atoms with Gasteiger partial charge < -0.3 is 14.8 Å². The molecule has 0 saturated carbocycles. The molecule has 0 aromatic heterocycles. The van der Waals surface area contributed by atoms with Gasteiger partial charge in [0.25, 0.3) is 0 Å². The molecule has 0 aliphatic heterocycles. The number of alkyl halides is 2. The fraction of sp³-hybridized carbons (Fsp3) is 0.190. The summed E-state index contributed by atoms with van der Waals surface area (Å²) in [6.45, 7) is -2.91. The topological polar surface area (TPSA) is 47.6 Å². The average Bonchev–Trinajstić information content (AvgIpc) is 2.69. The molecule has 1 N–H and O–H groups in total. The minimum atomic E-state index is -2.91. The number of carbonyl (C=O) groups is 1. The van der Waals surface area contributed by atoms with Gasteiger partial charge in [0, 0.05) is 16.8 Å². The van der Waals surface area contributed by atoms with Gasteiger partial charge in [-0.15, -0.1) is 11.8 Å². The molecule has 3 rings (SSSR count). The molecule has 0 spiro atoms. The molecule has 3 aromatic carbocycles. The number of amides is 1. The van der Waals surface area contributed by atoms with Gasteiger partial charge in [0.05, 0.1) is 12.9 Å². The number of benzene rings is 3. The van der Waals surface area contributed by atoms with E-state index in [0.717, 1.165) is 22.0 Å². The van der Waals surface area contributed by atoms with Gasteiger partial charge in [-0.2, -0.15) is 8.78 Å². The Hall–Kier alpha value is -2.80. The Morgan fingerprint density at radius 3 is 2.64 bits per heavy atom. The zero-order chi connectivity index (χ0) is 19.9. The summed E-state index contributed by atoms with van der Waals surface area (Å²) < 4.78 is 34.3. The molecule has 146 valence electrons. The van der Waals surface area contributed by atoms with Gasteiger partial charge in [-0.05, 0) is 29.1 Å². The lowest BCUT2D eigenvalue weighted by Crippen LogP contribution is -2.14. The van der Waals surface area contributed by atoms with Gasteiger partial charge >= 0.3 is 6.61 Å². The Bertz CT molecular complexity index is 960. The standard InChI is InChI=1S/C21H19F2NO3S/c1-26-19-11-14(9-10-18(19)27-21(22)23)12-28-13-20(25)24-17-8-4-6-15-5-2-3-7-16(15)17/h2-11,21H,12-13H2,1H3,(H,24,25).